The van der Waals surface area contributed by atoms with Crippen LogP contribution in [0.1, 0.15) is 20.3 Å². The predicted octanol–water partition coefficient (Wildman–Crippen LogP) is 2.59. The first-order valence-corrected chi connectivity index (χ1v) is 3.72. The van der Waals surface area contributed by atoms with Gasteiger partial charge in [0.05, 0.1) is 11.4 Å². The van der Waals surface area contributed by atoms with E-state index in [1.165, 1.54) is 0 Å². The zero-order chi connectivity index (χ0) is 8.69. The lowest BCUT2D eigenvalue weighted by Crippen LogP contribution is -1.74. The highest BCUT2D eigenvalue weighted by atomic mass is 14.8. The van der Waals surface area contributed by atoms with Crippen LogP contribution in [0.5, 0.6) is 0 Å². The largest absolute Gasteiger partial charge is 0.263 e. The maximum absolute atomic E-state index is 3.75. The lowest BCUT2D eigenvalue weighted by atomic mass is 10.4. The van der Waals surface area contributed by atoms with Crippen LogP contribution in [0.2, 0.25) is 0 Å². The standard InChI is InChI=1S/C7H8N2.C2H6/c1-8-6-4-3-5-7(6)9-2;1-2/h4-5H,1-3H2;1-2H3. The topological polar surface area (TPSA) is 24.7 Å². The Morgan fingerprint density at radius 2 is 1.45 bits per heavy atom. The molecule has 0 fully saturated rings. The minimum absolute atomic E-state index is 0.852. The van der Waals surface area contributed by atoms with Crippen LogP contribution in [0.4, 0.5) is 0 Å². The third-order valence-electron chi connectivity index (χ3n) is 1.23. The molecule has 0 radical (unpaired) electrons. The Hall–Kier alpha value is -1.18. The molecule has 0 amide bonds. The molecular formula is C9H14N2. The van der Waals surface area contributed by atoms with Crippen molar-refractivity contribution in [2.24, 2.45) is 9.98 Å². The number of hydrogen-bond acceptors (Lipinski definition) is 2. The van der Waals surface area contributed by atoms with Crippen molar-refractivity contribution < 1.29 is 0 Å². The highest BCUT2D eigenvalue weighted by Crippen LogP contribution is 2.19. The lowest BCUT2D eigenvalue weighted by molar-refractivity contribution is 1.29. The number of hydrogen-bond donors (Lipinski definition) is 0. The molecule has 2 heteroatoms. The summed E-state index contributed by atoms with van der Waals surface area (Å²) < 4.78 is 0. The fourth-order valence-electron chi connectivity index (χ4n) is 0.782. The molecule has 60 valence electrons. The minimum atomic E-state index is 0.852. The zero-order valence-electron chi connectivity index (χ0n) is 7.17. The van der Waals surface area contributed by atoms with Crippen LogP contribution in [0.15, 0.2) is 33.5 Å². The normalized spacial score (nSPS) is 14.0. The molecule has 0 spiro atoms. The molecule has 11 heavy (non-hydrogen) atoms. The minimum Gasteiger partial charge on any atom is -0.263 e. The Morgan fingerprint density at radius 3 is 1.73 bits per heavy atom. The molecule has 0 aliphatic heterocycles. The first kappa shape index (κ1) is 9.82. The Balaban J connectivity index is 0.000000461. The second-order valence-electron chi connectivity index (χ2n) is 1.73. The average molecular weight is 150 g/mol. The Morgan fingerprint density at radius 1 is 1.09 bits per heavy atom. The van der Waals surface area contributed by atoms with Gasteiger partial charge in [-0.2, -0.15) is 0 Å². The average Bonchev–Trinajstić information content (AvgIpc) is 2.54. The smallest absolute Gasteiger partial charge is 0.0838 e. The summed E-state index contributed by atoms with van der Waals surface area (Å²) in [4.78, 5) is 7.50. The van der Waals surface area contributed by atoms with Crippen molar-refractivity contribution >= 4 is 13.4 Å². The molecule has 0 saturated heterocycles. The third kappa shape index (κ3) is 2.50. The van der Waals surface area contributed by atoms with E-state index in [0.717, 1.165) is 17.8 Å². The SMILES string of the molecule is C=NC1=CCC=C1N=C.CC. The van der Waals surface area contributed by atoms with Gasteiger partial charge in [-0.15, -0.1) is 0 Å². The fourth-order valence-corrected chi connectivity index (χ4v) is 0.782. The molecule has 1 rings (SSSR count). The van der Waals surface area contributed by atoms with E-state index in [1.54, 1.807) is 0 Å². The van der Waals surface area contributed by atoms with Gasteiger partial charge in [0.15, 0.2) is 0 Å². The highest BCUT2D eigenvalue weighted by Gasteiger charge is 2.03. The van der Waals surface area contributed by atoms with Crippen LogP contribution in [0, 0.1) is 0 Å². The summed E-state index contributed by atoms with van der Waals surface area (Å²) in [5, 5.41) is 0. The van der Waals surface area contributed by atoms with Crippen LogP contribution in [-0.4, -0.2) is 13.4 Å². The van der Waals surface area contributed by atoms with Gasteiger partial charge >= 0.3 is 0 Å². The first-order valence-electron chi connectivity index (χ1n) is 3.72. The van der Waals surface area contributed by atoms with Crippen molar-refractivity contribution in [3.63, 3.8) is 0 Å². The zero-order valence-corrected chi connectivity index (χ0v) is 7.17. The molecular weight excluding hydrogens is 136 g/mol. The van der Waals surface area contributed by atoms with Gasteiger partial charge in [0, 0.05) is 0 Å². The van der Waals surface area contributed by atoms with E-state index >= 15 is 0 Å². The van der Waals surface area contributed by atoms with Gasteiger partial charge in [0.25, 0.3) is 0 Å². The van der Waals surface area contributed by atoms with Crippen molar-refractivity contribution in [1.29, 1.82) is 0 Å². The molecule has 0 N–H and O–H groups in total. The molecule has 0 heterocycles. The molecule has 1 aliphatic carbocycles. The summed E-state index contributed by atoms with van der Waals surface area (Å²) in [6.07, 6.45) is 4.84. The molecule has 0 unspecified atom stereocenters. The van der Waals surface area contributed by atoms with Crippen LogP contribution >= 0.6 is 0 Å². The van der Waals surface area contributed by atoms with Gasteiger partial charge in [-0.25, -0.2) is 0 Å². The first-order chi connectivity index (χ1) is 5.38. The van der Waals surface area contributed by atoms with Crippen molar-refractivity contribution in [2.45, 2.75) is 20.3 Å². The van der Waals surface area contributed by atoms with E-state index in [0.29, 0.717) is 0 Å². The molecule has 1 aliphatic rings. The predicted molar refractivity (Wildman–Crippen MR) is 51.2 cm³/mol. The highest BCUT2D eigenvalue weighted by molar-refractivity contribution is 5.45. The molecule has 0 saturated carbocycles. The number of aliphatic imine (C=N–C) groups is 2. The second-order valence-corrected chi connectivity index (χ2v) is 1.73. The van der Waals surface area contributed by atoms with Crippen LogP contribution < -0.4 is 0 Å². The van der Waals surface area contributed by atoms with E-state index in [2.05, 4.69) is 23.4 Å². The maximum atomic E-state index is 3.75. The van der Waals surface area contributed by atoms with E-state index in [-0.39, 0.29) is 0 Å². The quantitative estimate of drug-likeness (QED) is 0.540. The fraction of sp³-hybridized carbons (Fsp3) is 0.333. The monoisotopic (exact) mass is 150 g/mol. The molecule has 0 aromatic rings. The second kappa shape index (κ2) is 5.59. The molecule has 0 aromatic carbocycles. The summed E-state index contributed by atoms with van der Waals surface area (Å²) in [5.41, 5.74) is 1.70. The summed E-state index contributed by atoms with van der Waals surface area (Å²) in [7, 11) is 0. The van der Waals surface area contributed by atoms with Crippen molar-refractivity contribution in [1.82, 2.24) is 0 Å². The van der Waals surface area contributed by atoms with Crippen LogP contribution in [0.25, 0.3) is 0 Å². The molecule has 0 atom stereocenters. The van der Waals surface area contributed by atoms with E-state index < -0.39 is 0 Å². The van der Waals surface area contributed by atoms with Gasteiger partial charge in [0.1, 0.15) is 0 Å². The van der Waals surface area contributed by atoms with Gasteiger partial charge in [-0.3, -0.25) is 9.98 Å². The summed E-state index contributed by atoms with van der Waals surface area (Å²) in [6, 6.07) is 0. The van der Waals surface area contributed by atoms with Gasteiger partial charge in [0.2, 0.25) is 0 Å². The van der Waals surface area contributed by atoms with Crippen molar-refractivity contribution in [3.05, 3.63) is 23.5 Å². The lowest BCUT2D eigenvalue weighted by Gasteiger charge is -1.91. The van der Waals surface area contributed by atoms with Crippen LogP contribution in [-0.2, 0) is 0 Å². The third-order valence-corrected chi connectivity index (χ3v) is 1.23. The Kier molecular flexibility index (Phi) is 4.99. The molecule has 2 nitrogen and oxygen atoms in total. The van der Waals surface area contributed by atoms with E-state index in [9.17, 15) is 0 Å². The summed E-state index contributed by atoms with van der Waals surface area (Å²) >= 11 is 0. The summed E-state index contributed by atoms with van der Waals surface area (Å²) in [6.45, 7) is 10.8. The maximum Gasteiger partial charge on any atom is 0.0838 e. The van der Waals surface area contributed by atoms with Gasteiger partial charge in [-0.1, -0.05) is 26.0 Å². The number of nitrogens with zero attached hydrogens (tertiary/aromatic N) is 2. The number of rotatable bonds is 2. The van der Waals surface area contributed by atoms with Crippen LogP contribution in [0.3, 0.4) is 0 Å². The van der Waals surface area contributed by atoms with Crippen molar-refractivity contribution in [3.8, 4) is 0 Å². The van der Waals surface area contributed by atoms with E-state index in [4.69, 9.17) is 0 Å². The van der Waals surface area contributed by atoms with Gasteiger partial charge < -0.3 is 0 Å². The Labute approximate surface area is 68.1 Å². The van der Waals surface area contributed by atoms with Gasteiger partial charge in [-0.05, 0) is 19.9 Å². The van der Waals surface area contributed by atoms with Crippen molar-refractivity contribution in [2.75, 3.05) is 0 Å². The summed E-state index contributed by atoms with van der Waals surface area (Å²) in [5.74, 6) is 0. The van der Waals surface area contributed by atoms with E-state index in [1.807, 2.05) is 26.0 Å². The Bertz CT molecular complexity index is 178. The molecule has 0 aromatic heterocycles. The molecule has 0 bridgehead atoms. The number of allylic oxidation sites excluding steroid dienone is 2.